The van der Waals surface area contributed by atoms with Crippen LogP contribution >= 0.6 is 0 Å². The van der Waals surface area contributed by atoms with E-state index in [0.717, 1.165) is 57.8 Å². The minimum atomic E-state index is -0.641. The average molecular weight is 423 g/mol. The van der Waals surface area contributed by atoms with E-state index in [0.29, 0.717) is 29.6 Å². The van der Waals surface area contributed by atoms with Crippen LogP contribution in [-0.4, -0.2) is 44.3 Å². The number of rotatable bonds is 4. The van der Waals surface area contributed by atoms with Crippen molar-refractivity contribution in [1.29, 1.82) is 0 Å². The summed E-state index contributed by atoms with van der Waals surface area (Å²) in [6.45, 7) is 10.8. The Labute approximate surface area is 183 Å². The summed E-state index contributed by atoms with van der Waals surface area (Å²) in [5, 5.41) is 43.4. The van der Waals surface area contributed by atoms with Gasteiger partial charge in [-0.1, -0.05) is 20.8 Å². The predicted octanol–water partition coefficient (Wildman–Crippen LogP) is 4.14. The van der Waals surface area contributed by atoms with E-state index in [9.17, 15) is 20.4 Å². The highest BCUT2D eigenvalue weighted by Gasteiger charge is 2.65. The Bertz CT molecular complexity index is 629. The lowest BCUT2D eigenvalue weighted by Gasteiger charge is -2.63. The Hall–Kier alpha value is -0.160. The average Bonchev–Trinajstić information content (AvgIpc) is 3.00. The molecule has 4 rings (SSSR count). The maximum Gasteiger partial charge on any atom is 0.0602 e. The molecule has 0 bridgehead atoms. The highest BCUT2D eigenvalue weighted by atomic mass is 16.3. The van der Waals surface area contributed by atoms with Gasteiger partial charge in [0.1, 0.15) is 0 Å². The normalized spacial score (nSPS) is 52.3. The van der Waals surface area contributed by atoms with Crippen LogP contribution in [0.25, 0.3) is 0 Å². The Morgan fingerprint density at radius 2 is 1.67 bits per heavy atom. The molecule has 174 valence electrons. The van der Waals surface area contributed by atoms with Crippen molar-refractivity contribution in [3.8, 4) is 0 Å². The molecule has 0 amide bonds. The Morgan fingerprint density at radius 3 is 2.33 bits per heavy atom. The molecule has 0 unspecified atom stereocenters. The van der Waals surface area contributed by atoms with Gasteiger partial charge in [-0.2, -0.15) is 0 Å². The van der Waals surface area contributed by atoms with E-state index in [1.807, 2.05) is 13.8 Å². The fraction of sp³-hybridized carbons (Fsp3) is 1.00. The molecular weight excluding hydrogens is 376 g/mol. The number of aliphatic hydroxyl groups excluding tert-OH is 3. The molecule has 0 aromatic rings. The molecule has 0 radical (unpaired) electrons. The van der Waals surface area contributed by atoms with Crippen LogP contribution in [0.2, 0.25) is 0 Å². The molecule has 30 heavy (non-hydrogen) atoms. The summed E-state index contributed by atoms with van der Waals surface area (Å²) in [4.78, 5) is 0. The van der Waals surface area contributed by atoms with Crippen LogP contribution in [0.1, 0.15) is 92.4 Å². The predicted molar refractivity (Wildman–Crippen MR) is 119 cm³/mol. The molecule has 0 spiro atoms. The summed E-state index contributed by atoms with van der Waals surface area (Å²) in [5.74, 6) is 2.30. The van der Waals surface area contributed by atoms with Crippen molar-refractivity contribution in [3.63, 3.8) is 0 Å². The van der Waals surface area contributed by atoms with Crippen molar-refractivity contribution in [2.75, 3.05) is 0 Å². The number of hydrogen-bond donors (Lipinski definition) is 4. The van der Waals surface area contributed by atoms with E-state index < -0.39 is 5.60 Å². The zero-order valence-electron chi connectivity index (χ0n) is 19.8. The third-order valence-corrected chi connectivity index (χ3v) is 10.7. The lowest BCUT2D eigenvalue weighted by atomic mass is 9.43. The number of hydrogen-bond acceptors (Lipinski definition) is 4. The van der Waals surface area contributed by atoms with E-state index in [-0.39, 0.29) is 35.1 Å². The topological polar surface area (TPSA) is 80.9 Å². The molecule has 0 aliphatic heterocycles. The molecule has 4 heteroatoms. The van der Waals surface area contributed by atoms with Crippen LogP contribution in [0.3, 0.4) is 0 Å². The standard InChI is InChI=1S/C26H46O4/c1-15(8-10-24(2,3)30)18-6-7-19-23-20(14-22(29)26(18,19)5)25(4)11-9-17(27)12-16(25)13-21(23)28/h15-23,27-30H,6-14H2,1-5H3/t15-,16+,17-,18+,19-,20-,21+,22-,23-,25-,26+/m0/s1. The summed E-state index contributed by atoms with van der Waals surface area (Å²) in [5.41, 5.74) is -0.646. The van der Waals surface area contributed by atoms with E-state index in [1.54, 1.807) is 0 Å². The molecule has 4 saturated carbocycles. The van der Waals surface area contributed by atoms with Gasteiger partial charge in [-0.15, -0.1) is 0 Å². The monoisotopic (exact) mass is 422 g/mol. The van der Waals surface area contributed by atoms with Crippen molar-refractivity contribution in [1.82, 2.24) is 0 Å². The van der Waals surface area contributed by atoms with Crippen molar-refractivity contribution in [2.24, 2.45) is 46.3 Å². The summed E-state index contributed by atoms with van der Waals surface area (Å²) in [7, 11) is 0. The minimum absolute atomic E-state index is 0.135. The molecular formula is C26H46O4. The van der Waals surface area contributed by atoms with Crippen LogP contribution in [0.5, 0.6) is 0 Å². The molecule has 0 heterocycles. The maximum absolute atomic E-state index is 11.6. The van der Waals surface area contributed by atoms with Crippen LogP contribution in [-0.2, 0) is 0 Å². The third-order valence-electron chi connectivity index (χ3n) is 10.7. The molecule has 0 aromatic heterocycles. The molecule has 4 fully saturated rings. The van der Waals surface area contributed by atoms with Gasteiger partial charge >= 0.3 is 0 Å². The van der Waals surface area contributed by atoms with E-state index >= 15 is 0 Å². The van der Waals surface area contributed by atoms with Gasteiger partial charge in [0.05, 0.1) is 23.9 Å². The number of fused-ring (bicyclic) bond motifs is 5. The summed E-state index contributed by atoms with van der Waals surface area (Å²) in [6.07, 6.45) is 7.46. The molecule has 4 aliphatic carbocycles. The second-order valence-electron chi connectivity index (χ2n) is 12.9. The zero-order valence-corrected chi connectivity index (χ0v) is 19.8. The second kappa shape index (κ2) is 7.71. The molecule has 0 saturated heterocycles. The van der Waals surface area contributed by atoms with Crippen LogP contribution in [0.4, 0.5) is 0 Å². The first-order valence-corrected chi connectivity index (χ1v) is 12.6. The molecule has 11 atom stereocenters. The van der Waals surface area contributed by atoms with Gasteiger partial charge in [-0.25, -0.2) is 0 Å². The maximum atomic E-state index is 11.6. The minimum Gasteiger partial charge on any atom is -0.393 e. The molecule has 4 N–H and O–H groups in total. The third kappa shape index (κ3) is 3.58. The summed E-state index contributed by atoms with van der Waals surface area (Å²) >= 11 is 0. The highest BCUT2D eigenvalue weighted by Crippen LogP contribution is 2.68. The Morgan fingerprint density at radius 1 is 0.967 bits per heavy atom. The Balaban J connectivity index is 1.59. The Kier molecular flexibility index (Phi) is 5.92. The SMILES string of the molecule is C[C@@H](CCC(C)(C)O)[C@H]1CC[C@H]2[C@@H]3[C@H](O)C[C@H]4C[C@@H](O)CC[C@]4(C)[C@H]3C[C@H](O)[C@]12C. The van der Waals surface area contributed by atoms with Crippen LogP contribution < -0.4 is 0 Å². The van der Waals surface area contributed by atoms with E-state index in [1.165, 1.54) is 0 Å². The van der Waals surface area contributed by atoms with Gasteiger partial charge in [0.2, 0.25) is 0 Å². The van der Waals surface area contributed by atoms with Gasteiger partial charge in [0, 0.05) is 0 Å². The largest absolute Gasteiger partial charge is 0.393 e. The summed E-state index contributed by atoms with van der Waals surface area (Å²) in [6, 6.07) is 0. The fourth-order valence-electron chi connectivity index (χ4n) is 8.91. The smallest absolute Gasteiger partial charge is 0.0602 e. The molecule has 0 aromatic carbocycles. The first kappa shape index (κ1) is 23.0. The van der Waals surface area contributed by atoms with Gasteiger partial charge in [0.25, 0.3) is 0 Å². The van der Waals surface area contributed by atoms with E-state index in [2.05, 4.69) is 20.8 Å². The van der Waals surface area contributed by atoms with Crippen molar-refractivity contribution >= 4 is 0 Å². The van der Waals surface area contributed by atoms with Gasteiger partial charge in [-0.3, -0.25) is 0 Å². The quantitative estimate of drug-likeness (QED) is 0.549. The first-order chi connectivity index (χ1) is 13.9. The van der Waals surface area contributed by atoms with Crippen molar-refractivity contribution < 1.29 is 20.4 Å². The van der Waals surface area contributed by atoms with E-state index in [4.69, 9.17) is 0 Å². The van der Waals surface area contributed by atoms with Crippen LogP contribution in [0.15, 0.2) is 0 Å². The molecule has 4 aliphatic rings. The highest BCUT2D eigenvalue weighted by molar-refractivity contribution is 5.14. The lowest BCUT2D eigenvalue weighted by Crippen LogP contribution is -2.62. The van der Waals surface area contributed by atoms with Crippen molar-refractivity contribution in [2.45, 2.75) is 116 Å². The second-order valence-corrected chi connectivity index (χ2v) is 12.9. The van der Waals surface area contributed by atoms with Gasteiger partial charge in [0.15, 0.2) is 0 Å². The summed E-state index contributed by atoms with van der Waals surface area (Å²) < 4.78 is 0. The lowest BCUT2D eigenvalue weighted by molar-refractivity contribution is -0.207. The van der Waals surface area contributed by atoms with Gasteiger partial charge < -0.3 is 20.4 Å². The fourth-order valence-corrected chi connectivity index (χ4v) is 8.91. The number of aliphatic hydroxyl groups is 4. The first-order valence-electron chi connectivity index (χ1n) is 12.6. The van der Waals surface area contributed by atoms with Gasteiger partial charge in [-0.05, 0) is 118 Å². The molecule has 4 nitrogen and oxygen atoms in total. The zero-order chi connectivity index (χ0) is 22.1. The van der Waals surface area contributed by atoms with Crippen molar-refractivity contribution in [3.05, 3.63) is 0 Å². The van der Waals surface area contributed by atoms with Crippen LogP contribution in [0, 0.1) is 46.3 Å².